The number of rotatable bonds is 4. The van der Waals surface area contributed by atoms with Gasteiger partial charge in [-0.3, -0.25) is 9.59 Å². The number of hydrogen-bond donors (Lipinski definition) is 2. The first-order chi connectivity index (χ1) is 13.1. The fourth-order valence-electron chi connectivity index (χ4n) is 3.26. The Labute approximate surface area is 158 Å². The fraction of sp³-hybridized carbons (Fsp3) is 0.286. The van der Waals surface area contributed by atoms with E-state index in [1.165, 1.54) is 11.3 Å². The number of nitrogens with one attached hydrogen (secondary N) is 2. The molecule has 0 saturated heterocycles. The maximum Gasteiger partial charge on any atom is 0.313 e. The maximum atomic E-state index is 12.0. The van der Waals surface area contributed by atoms with Gasteiger partial charge in [-0.25, -0.2) is 0 Å². The molecule has 6 heteroatoms. The van der Waals surface area contributed by atoms with Gasteiger partial charge in [-0.2, -0.15) is 5.26 Å². The highest BCUT2D eigenvalue weighted by Crippen LogP contribution is 2.26. The number of nitriles is 1. The number of aryl methyl sites for hydroxylation is 1. The van der Waals surface area contributed by atoms with Crippen LogP contribution < -0.4 is 15.5 Å². The minimum Gasteiger partial charge on any atom is -0.374 e. The summed E-state index contributed by atoms with van der Waals surface area (Å²) in [6.07, 6.45) is 2.87. The van der Waals surface area contributed by atoms with E-state index in [4.69, 9.17) is 5.26 Å². The van der Waals surface area contributed by atoms with Gasteiger partial charge in [0.1, 0.15) is 6.07 Å². The van der Waals surface area contributed by atoms with Gasteiger partial charge in [0.15, 0.2) is 0 Å². The largest absolute Gasteiger partial charge is 0.374 e. The van der Waals surface area contributed by atoms with Gasteiger partial charge in [0.2, 0.25) is 0 Å². The summed E-state index contributed by atoms with van der Waals surface area (Å²) < 4.78 is 0. The molecule has 2 aromatic carbocycles. The lowest BCUT2D eigenvalue weighted by Gasteiger charge is -2.27. The summed E-state index contributed by atoms with van der Waals surface area (Å²) in [5, 5.41) is 14.1. The van der Waals surface area contributed by atoms with Crippen molar-refractivity contribution >= 4 is 23.2 Å². The Hall–Kier alpha value is -3.33. The molecule has 0 radical (unpaired) electrons. The quantitative estimate of drug-likeness (QED) is 0.817. The average Bonchev–Trinajstić information content (AvgIpc) is 2.68. The molecule has 0 saturated carbocycles. The van der Waals surface area contributed by atoms with E-state index in [-0.39, 0.29) is 0 Å². The molecule has 1 aliphatic rings. The smallest absolute Gasteiger partial charge is 0.313 e. The Morgan fingerprint density at radius 3 is 2.81 bits per heavy atom. The molecule has 3 rings (SSSR count). The molecule has 0 bridgehead atoms. The summed E-state index contributed by atoms with van der Waals surface area (Å²) in [6.45, 7) is 1.45. The van der Waals surface area contributed by atoms with Crippen LogP contribution in [0.5, 0.6) is 0 Å². The zero-order chi connectivity index (χ0) is 19.2. The molecular weight excluding hydrogens is 340 g/mol. The van der Waals surface area contributed by atoms with Crippen molar-refractivity contribution in [3.8, 4) is 6.07 Å². The zero-order valence-electron chi connectivity index (χ0n) is 15.3. The number of anilines is 2. The van der Waals surface area contributed by atoms with Gasteiger partial charge < -0.3 is 15.5 Å². The number of carbonyl (C=O) groups excluding carboxylic acids is 2. The number of nitrogens with zero attached hydrogens (tertiary/aromatic N) is 2. The van der Waals surface area contributed by atoms with E-state index in [1.54, 1.807) is 24.3 Å². The predicted molar refractivity (Wildman–Crippen MR) is 105 cm³/mol. The van der Waals surface area contributed by atoms with Crippen LogP contribution in [-0.4, -0.2) is 32.0 Å². The van der Waals surface area contributed by atoms with Crippen molar-refractivity contribution in [2.75, 3.05) is 30.4 Å². The van der Waals surface area contributed by atoms with Gasteiger partial charge in [0.05, 0.1) is 11.3 Å². The highest BCUT2D eigenvalue weighted by Gasteiger charge is 2.16. The van der Waals surface area contributed by atoms with Crippen LogP contribution in [0.1, 0.15) is 23.1 Å². The van der Waals surface area contributed by atoms with E-state index in [2.05, 4.69) is 40.8 Å². The van der Waals surface area contributed by atoms with Crippen LogP contribution in [0.2, 0.25) is 0 Å². The molecule has 2 N–H and O–H groups in total. The molecule has 0 atom stereocenters. The number of para-hydroxylation sites is 1. The highest BCUT2D eigenvalue weighted by atomic mass is 16.2. The van der Waals surface area contributed by atoms with Crippen molar-refractivity contribution in [3.05, 3.63) is 59.2 Å². The number of hydrogen-bond acceptors (Lipinski definition) is 4. The molecule has 2 amide bonds. The zero-order valence-corrected chi connectivity index (χ0v) is 15.3. The van der Waals surface area contributed by atoms with Crippen LogP contribution in [0.25, 0.3) is 0 Å². The standard InChI is InChI=1S/C21H22N4O2/c1-25-12-4-6-16-13-15(8-9-19(16)25)10-11-23-20(26)21(27)24-18-7-3-2-5-17(18)14-22/h2-3,5,7-9,13H,4,6,10-12H2,1H3,(H,23,26)(H,24,27). The highest BCUT2D eigenvalue weighted by molar-refractivity contribution is 6.39. The molecule has 0 aromatic heterocycles. The lowest BCUT2D eigenvalue weighted by atomic mass is 9.98. The minimum absolute atomic E-state index is 0.317. The third-order valence-corrected chi connectivity index (χ3v) is 4.70. The van der Waals surface area contributed by atoms with Gasteiger partial charge >= 0.3 is 11.8 Å². The first kappa shape index (κ1) is 18.5. The molecule has 27 heavy (non-hydrogen) atoms. The third kappa shape index (κ3) is 4.45. The van der Waals surface area contributed by atoms with Gasteiger partial charge in [0, 0.05) is 25.8 Å². The molecule has 0 fully saturated rings. The summed E-state index contributed by atoms with van der Waals surface area (Å²) in [4.78, 5) is 26.3. The molecule has 2 aromatic rings. The summed E-state index contributed by atoms with van der Waals surface area (Å²) >= 11 is 0. The van der Waals surface area contributed by atoms with E-state index >= 15 is 0 Å². The minimum atomic E-state index is -0.773. The molecule has 6 nitrogen and oxygen atoms in total. The van der Waals surface area contributed by atoms with Crippen molar-refractivity contribution in [2.24, 2.45) is 0 Å². The number of amides is 2. The van der Waals surface area contributed by atoms with Crippen molar-refractivity contribution in [1.82, 2.24) is 5.32 Å². The van der Waals surface area contributed by atoms with E-state index in [0.29, 0.717) is 24.2 Å². The van der Waals surface area contributed by atoms with Crippen LogP contribution >= 0.6 is 0 Å². The monoisotopic (exact) mass is 362 g/mol. The molecule has 1 heterocycles. The molecule has 1 aliphatic heterocycles. The van der Waals surface area contributed by atoms with Gasteiger partial charge in [0.25, 0.3) is 0 Å². The lowest BCUT2D eigenvalue weighted by Crippen LogP contribution is -2.36. The van der Waals surface area contributed by atoms with Crippen molar-refractivity contribution < 1.29 is 9.59 Å². The lowest BCUT2D eigenvalue weighted by molar-refractivity contribution is -0.136. The topological polar surface area (TPSA) is 85.2 Å². The van der Waals surface area contributed by atoms with Crippen LogP contribution in [-0.2, 0) is 22.4 Å². The summed E-state index contributed by atoms with van der Waals surface area (Å²) in [5.74, 6) is -1.48. The second-order valence-electron chi connectivity index (χ2n) is 6.61. The first-order valence-corrected chi connectivity index (χ1v) is 8.99. The summed E-state index contributed by atoms with van der Waals surface area (Å²) in [6, 6.07) is 14.9. The second kappa shape index (κ2) is 8.37. The SMILES string of the molecule is CN1CCCc2cc(CCNC(=O)C(=O)Nc3ccccc3C#N)ccc21. The Balaban J connectivity index is 1.52. The van der Waals surface area contributed by atoms with E-state index in [1.807, 2.05) is 6.07 Å². The molecule has 0 spiro atoms. The van der Waals surface area contributed by atoms with E-state index in [9.17, 15) is 9.59 Å². The Morgan fingerprint density at radius 2 is 2.00 bits per heavy atom. The van der Waals surface area contributed by atoms with E-state index in [0.717, 1.165) is 24.9 Å². The van der Waals surface area contributed by atoms with Crippen molar-refractivity contribution in [1.29, 1.82) is 5.26 Å². The Morgan fingerprint density at radius 1 is 1.19 bits per heavy atom. The summed E-state index contributed by atoms with van der Waals surface area (Å²) in [5.41, 5.74) is 4.39. The maximum absolute atomic E-state index is 12.0. The normalized spacial score (nSPS) is 12.7. The molecule has 138 valence electrons. The van der Waals surface area contributed by atoms with Crippen LogP contribution in [0.4, 0.5) is 11.4 Å². The van der Waals surface area contributed by atoms with Gasteiger partial charge in [-0.1, -0.05) is 24.3 Å². The third-order valence-electron chi connectivity index (χ3n) is 4.70. The molecular formula is C21H22N4O2. The molecule has 0 aliphatic carbocycles. The van der Waals surface area contributed by atoms with E-state index < -0.39 is 11.8 Å². The van der Waals surface area contributed by atoms with Crippen molar-refractivity contribution in [3.63, 3.8) is 0 Å². The van der Waals surface area contributed by atoms with Gasteiger partial charge in [-0.05, 0) is 48.6 Å². The Bertz CT molecular complexity index is 901. The predicted octanol–water partition coefficient (Wildman–Crippen LogP) is 2.24. The average molecular weight is 362 g/mol. The summed E-state index contributed by atoms with van der Waals surface area (Å²) in [7, 11) is 2.10. The Kier molecular flexibility index (Phi) is 5.72. The van der Waals surface area contributed by atoms with Gasteiger partial charge in [-0.15, -0.1) is 0 Å². The molecule has 0 unspecified atom stereocenters. The van der Waals surface area contributed by atoms with Crippen LogP contribution in [0.3, 0.4) is 0 Å². The number of fused-ring (bicyclic) bond motifs is 1. The first-order valence-electron chi connectivity index (χ1n) is 8.99. The fourth-order valence-corrected chi connectivity index (χ4v) is 3.26. The van der Waals surface area contributed by atoms with Crippen LogP contribution in [0.15, 0.2) is 42.5 Å². The number of benzene rings is 2. The van der Waals surface area contributed by atoms with Crippen LogP contribution in [0, 0.1) is 11.3 Å². The number of carbonyl (C=O) groups is 2. The second-order valence-corrected chi connectivity index (χ2v) is 6.61. The van der Waals surface area contributed by atoms with Crippen molar-refractivity contribution in [2.45, 2.75) is 19.3 Å².